The van der Waals surface area contributed by atoms with Gasteiger partial charge in [0.15, 0.2) is 0 Å². The highest BCUT2D eigenvalue weighted by atomic mass is 16.2. The molecule has 0 aromatic heterocycles. The minimum atomic E-state index is -0.302. The van der Waals surface area contributed by atoms with Crippen molar-refractivity contribution in [3.8, 4) is 0 Å². The molecule has 1 atom stereocenters. The van der Waals surface area contributed by atoms with Crippen LogP contribution in [0.1, 0.15) is 45.4 Å². The molecule has 0 bridgehead atoms. The van der Waals surface area contributed by atoms with Crippen molar-refractivity contribution in [3.05, 3.63) is 30.3 Å². The van der Waals surface area contributed by atoms with Gasteiger partial charge in [-0.2, -0.15) is 10.1 Å². The van der Waals surface area contributed by atoms with Gasteiger partial charge in [-0.15, -0.1) is 0 Å². The molecule has 0 spiro atoms. The molecule has 116 valence electrons. The minimum absolute atomic E-state index is 0.000993. The number of carbonyl (C=O) groups excluding carboxylic acids is 1. The molecule has 1 fully saturated rings. The zero-order valence-electron chi connectivity index (χ0n) is 13.1. The van der Waals surface area contributed by atoms with Gasteiger partial charge >= 0.3 is 0 Å². The van der Waals surface area contributed by atoms with Crippen LogP contribution >= 0.6 is 0 Å². The molecule has 0 unspecified atom stereocenters. The number of aliphatic imine (C=N–C) groups is 1. The largest absolute Gasteiger partial charge is 0.293 e. The van der Waals surface area contributed by atoms with E-state index in [-0.39, 0.29) is 11.8 Å². The lowest BCUT2D eigenvalue weighted by Crippen LogP contribution is -2.28. The molecule has 0 saturated heterocycles. The number of hydrogen-bond acceptors (Lipinski definition) is 3. The van der Waals surface area contributed by atoms with Crippen molar-refractivity contribution in [1.82, 2.24) is 0 Å². The van der Waals surface area contributed by atoms with Gasteiger partial charge in [-0.05, 0) is 31.9 Å². The normalized spacial score (nSPS) is 23.9. The van der Waals surface area contributed by atoms with Gasteiger partial charge in [0.25, 0.3) is 5.91 Å². The zero-order chi connectivity index (χ0) is 15.4. The lowest BCUT2D eigenvalue weighted by atomic mass is 10.1. The van der Waals surface area contributed by atoms with Crippen LogP contribution in [0.3, 0.4) is 0 Å². The SMILES string of the molecule is CC1=NN(c2ccccc2)C(=O)[C@H]1C=NC1CCCCCC1. The Morgan fingerprint density at radius 3 is 2.50 bits per heavy atom. The van der Waals surface area contributed by atoms with Crippen LogP contribution in [-0.2, 0) is 4.79 Å². The molecule has 1 aliphatic heterocycles. The summed E-state index contributed by atoms with van der Waals surface area (Å²) in [6.45, 7) is 1.91. The number of rotatable bonds is 3. The number of hydrogen-bond donors (Lipinski definition) is 0. The van der Waals surface area contributed by atoms with Crippen molar-refractivity contribution in [3.63, 3.8) is 0 Å². The molecular formula is C18H23N3O. The van der Waals surface area contributed by atoms with E-state index in [1.54, 1.807) is 0 Å². The van der Waals surface area contributed by atoms with E-state index >= 15 is 0 Å². The predicted octanol–water partition coefficient (Wildman–Crippen LogP) is 3.82. The van der Waals surface area contributed by atoms with Crippen LogP contribution in [0.5, 0.6) is 0 Å². The van der Waals surface area contributed by atoms with Crippen molar-refractivity contribution in [1.29, 1.82) is 0 Å². The summed E-state index contributed by atoms with van der Waals surface area (Å²) >= 11 is 0. The maximum absolute atomic E-state index is 12.6. The van der Waals surface area contributed by atoms with Gasteiger partial charge in [0, 0.05) is 12.3 Å². The second kappa shape index (κ2) is 6.86. The summed E-state index contributed by atoms with van der Waals surface area (Å²) < 4.78 is 0. The van der Waals surface area contributed by atoms with Gasteiger partial charge in [-0.3, -0.25) is 9.79 Å². The third kappa shape index (κ3) is 3.26. The lowest BCUT2D eigenvalue weighted by Gasteiger charge is -2.13. The van der Waals surface area contributed by atoms with Crippen LogP contribution in [0.4, 0.5) is 5.69 Å². The van der Waals surface area contributed by atoms with E-state index in [2.05, 4.69) is 5.10 Å². The number of hydrazone groups is 1. The Bertz CT molecular complexity index is 571. The summed E-state index contributed by atoms with van der Waals surface area (Å²) in [7, 11) is 0. The monoisotopic (exact) mass is 297 g/mol. The minimum Gasteiger partial charge on any atom is -0.293 e. The summed E-state index contributed by atoms with van der Waals surface area (Å²) in [5.41, 5.74) is 1.64. The highest BCUT2D eigenvalue weighted by Gasteiger charge is 2.33. The summed E-state index contributed by atoms with van der Waals surface area (Å²) in [4.78, 5) is 17.3. The van der Waals surface area contributed by atoms with Gasteiger partial charge < -0.3 is 0 Å². The first kappa shape index (κ1) is 14.9. The first-order valence-electron chi connectivity index (χ1n) is 8.23. The molecule has 22 heavy (non-hydrogen) atoms. The zero-order valence-corrected chi connectivity index (χ0v) is 13.1. The maximum Gasteiger partial charge on any atom is 0.261 e. The van der Waals surface area contributed by atoms with E-state index in [1.165, 1.54) is 30.7 Å². The van der Waals surface area contributed by atoms with Gasteiger partial charge in [-0.1, -0.05) is 43.9 Å². The number of benzene rings is 1. The fraction of sp³-hybridized carbons (Fsp3) is 0.500. The Morgan fingerprint density at radius 2 is 1.82 bits per heavy atom. The van der Waals surface area contributed by atoms with Crippen LogP contribution in [0, 0.1) is 5.92 Å². The molecule has 1 aliphatic carbocycles. The standard InChI is InChI=1S/C18H23N3O/c1-14-17(13-19-15-9-5-2-3-6-10-15)18(22)21(20-14)16-11-7-4-8-12-16/h4,7-8,11-13,15,17H,2-3,5-6,9-10H2,1H3/t17-/m0/s1. The molecule has 1 aromatic carbocycles. The topological polar surface area (TPSA) is 45.0 Å². The number of amides is 1. The van der Waals surface area contributed by atoms with Crippen molar-refractivity contribution >= 4 is 23.5 Å². The fourth-order valence-corrected chi connectivity index (χ4v) is 3.12. The number of para-hydroxylation sites is 1. The molecule has 1 heterocycles. The summed E-state index contributed by atoms with van der Waals surface area (Å²) in [5, 5.41) is 5.91. The van der Waals surface area contributed by atoms with E-state index in [0.717, 1.165) is 24.2 Å². The molecular weight excluding hydrogens is 274 g/mol. The van der Waals surface area contributed by atoms with Gasteiger partial charge in [0.1, 0.15) is 5.92 Å². The number of anilines is 1. The average Bonchev–Trinajstić information content (AvgIpc) is 2.73. The van der Waals surface area contributed by atoms with Crippen LogP contribution in [-0.4, -0.2) is 23.9 Å². The third-order valence-electron chi connectivity index (χ3n) is 4.45. The molecule has 0 N–H and O–H groups in total. The van der Waals surface area contributed by atoms with E-state index in [1.807, 2.05) is 43.5 Å². The first-order valence-corrected chi connectivity index (χ1v) is 8.23. The lowest BCUT2D eigenvalue weighted by molar-refractivity contribution is -0.118. The second-order valence-corrected chi connectivity index (χ2v) is 6.15. The highest BCUT2D eigenvalue weighted by Crippen LogP contribution is 2.24. The van der Waals surface area contributed by atoms with Crippen LogP contribution in [0.25, 0.3) is 0 Å². The van der Waals surface area contributed by atoms with Crippen LogP contribution < -0.4 is 5.01 Å². The summed E-state index contributed by atoms with van der Waals surface area (Å²) in [5.74, 6) is -0.301. The van der Waals surface area contributed by atoms with E-state index in [0.29, 0.717) is 6.04 Å². The molecule has 0 radical (unpaired) electrons. The molecule has 2 aliphatic rings. The van der Waals surface area contributed by atoms with Gasteiger partial charge in [0.2, 0.25) is 0 Å². The Hall–Kier alpha value is -1.97. The average molecular weight is 297 g/mol. The van der Waals surface area contributed by atoms with E-state index in [9.17, 15) is 4.79 Å². The molecule has 3 rings (SSSR count). The summed E-state index contributed by atoms with van der Waals surface area (Å²) in [6, 6.07) is 9.96. The Balaban J connectivity index is 1.70. The predicted molar refractivity (Wildman–Crippen MR) is 90.5 cm³/mol. The van der Waals surface area contributed by atoms with Crippen molar-refractivity contribution in [2.24, 2.45) is 16.0 Å². The Morgan fingerprint density at radius 1 is 1.14 bits per heavy atom. The summed E-state index contributed by atoms with van der Waals surface area (Å²) in [6.07, 6.45) is 9.27. The van der Waals surface area contributed by atoms with Crippen molar-refractivity contribution in [2.45, 2.75) is 51.5 Å². The van der Waals surface area contributed by atoms with Crippen molar-refractivity contribution < 1.29 is 4.79 Å². The fourth-order valence-electron chi connectivity index (χ4n) is 3.12. The highest BCUT2D eigenvalue weighted by molar-refractivity contribution is 6.23. The number of carbonyl (C=O) groups is 1. The van der Waals surface area contributed by atoms with Gasteiger partial charge in [0.05, 0.1) is 11.4 Å². The van der Waals surface area contributed by atoms with Gasteiger partial charge in [-0.25, -0.2) is 0 Å². The van der Waals surface area contributed by atoms with Crippen LogP contribution in [0.15, 0.2) is 40.4 Å². The molecule has 1 aromatic rings. The maximum atomic E-state index is 12.6. The smallest absolute Gasteiger partial charge is 0.261 e. The molecule has 1 amide bonds. The Kier molecular flexibility index (Phi) is 4.66. The quantitative estimate of drug-likeness (QED) is 0.618. The van der Waals surface area contributed by atoms with E-state index in [4.69, 9.17) is 4.99 Å². The third-order valence-corrected chi connectivity index (χ3v) is 4.45. The molecule has 4 heteroatoms. The van der Waals surface area contributed by atoms with Crippen LogP contribution in [0.2, 0.25) is 0 Å². The second-order valence-electron chi connectivity index (χ2n) is 6.15. The molecule has 4 nitrogen and oxygen atoms in total. The van der Waals surface area contributed by atoms with Crippen molar-refractivity contribution in [2.75, 3.05) is 5.01 Å². The molecule has 1 saturated carbocycles. The Labute approximate surface area is 131 Å². The van der Waals surface area contributed by atoms with E-state index < -0.39 is 0 Å². The first-order chi connectivity index (χ1) is 10.8. The number of nitrogens with zero attached hydrogens (tertiary/aromatic N) is 3.